The van der Waals surface area contributed by atoms with Crippen LogP contribution in [0.5, 0.6) is 5.75 Å². The Morgan fingerprint density at radius 1 is 0.977 bits per heavy atom. The SMILES string of the molecule is N#CCCn1nnnc1C(Cc1ccc(OCc2ccccc2)cc1)NC(=O)c1cn2nc(-c3ccc(Cl)cc3)ccc2n1. The normalized spacial score (nSPS) is 11.6. The second kappa shape index (κ2) is 13.1. The van der Waals surface area contributed by atoms with Gasteiger partial charge in [0.25, 0.3) is 5.91 Å². The molecule has 1 unspecified atom stereocenters. The monoisotopic (exact) mass is 603 g/mol. The van der Waals surface area contributed by atoms with Crippen molar-refractivity contribution in [2.24, 2.45) is 0 Å². The Labute approximate surface area is 257 Å². The maximum Gasteiger partial charge on any atom is 0.272 e. The van der Waals surface area contributed by atoms with Crippen molar-refractivity contribution >= 4 is 23.2 Å². The van der Waals surface area contributed by atoms with E-state index in [9.17, 15) is 4.79 Å². The number of fused-ring (bicyclic) bond motifs is 1. The number of hydrogen-bond donors (Lipinski definition) is 1. The summed E-state index contributed by atoms with van der Waals surface area (Å²) < 4.78 is 9.03. The zero-order chi connectivity index (χ0) is 30.3. The van der Waals surface area contributed by atoms with E-state index >= 15 is 0 Å². The molecule has 0 bridgehead atoms. The van der Waals surface area contributed by atoms with Gasteiger partial charge in [-0.15, -0.1) is 5.10 Å². The molecular weight excluding hydrogens is 578 g/mol. The summed E-state index contributed by atoms with van der Waals surface area (Å²) in [6.45, 7) is 0.755. The van der Waals surface area contributed by atoms with E-state index in [0.29, 0.717) is 41.8 Å². The number of benzene rings is 3. The van der Waals surface area contributed by atoms with E-state index < -0.39 is 11.9 Å². The molecule has 0 saturated heterocycles. The highest BCUT2D eigenvalue weighted by Gasteiger charge is 2.24. The molecule has 6 aromatic rings. The Bertz CT molecular complexity index is 1910. The van der Waals surface area contributed by atoms with Crippen LogP contribution in [-0.2, 0) is 19.6 Å². The number of imidazole rings is 1. The lowest BCUT2D eigenvalue weighted by Crippen LogP contribution is -2.32. The summed E-state index contributed by atoms with van der Waals surface area (Å²) in [7, 11) is 0. The summed E-state index contributed by atoms with van der Waals surface area (Å²) in [4.78, 5) is 18.0. The molecule has 0 aliphatic carbocycles. The van der Waals surface area contributed by atoms with Crippen molar-refractivity contribution in [3.05, 3.63) is 125 Å². The van der Waals surface area contributed by atoms with Crippen molar-refractivity contribution in [3.63, 3.8) is 0 Å². The van der Waals surface area contributed by atoms with Gasteiger partial charge in [0, 0.05) is 17.0 Å². The molecule has 0 spiro atoms. The standard InChI is InChI=1S/C32H26ClN9O2/c33-25-11-9-24(10-12-25)27-15-16-30-35-29(20-42(30)38-27)32(43)36-28(31-37-39-40-41(31)18-4-17-34)19-22-7-13-26(14-8-22)44-21-23-5-2-1-3-6-23/h1-3,5-16,20,28H,4,18-19,21H2,(H,36,43). The van der Waals surface area contributed by atoms with Gasteiger partial charge < -0.3 is 10.1 Å². The van der Waals surface area contributed by atoms with Crippen LogP contribution in [0.15, 0.2) is 97.2 Å². The van der Waals surface area contributed by atoms with Crippen LogP contribution in [0.25, 0.3) is 16.9 Å². The lowest BCUT2D eigenvalue weighted by molar-refractivity contribution is 0.0929. The Hall–Kier alpha value is -5.60. The molecule has 218 valence electrons. The highest BCUT2D eigenvalue weighted by molar-refractivity contribution is 6.30. The van der Waals surface area contributed by atoms with Crippen LogP contribution in [0.3, 0.4) is 0 Å². The Kier molecular flexibility index (Phi) is 8.52. The maximum atomic E-state index is 13.5. The van der Waals surface area contributed by atoms with Crippen LogP contribution >= 0.6 is 11.6 Å². The van der Waals surface area contributed by atoms with Crippen molar-refractivity contribution in [2.45, 2.75) is 32.0 Å². The lowest BCUT2D eigenvalue weighted by Gasteiger charge is -2.18. The van der Waals surface area contributed by atoms with Gasteiger partial charge in [0.1, 0.15) is 18.1 Å². The minimum atomic E-state index is -0.602. The molecule has 44 heavy (non-hydrogen) atoms. The Morgan fingerprint density at radius 3 is 2.55 bits per heavy atom. The van der Waals surface area contributed by atoms with E-state index in [2.05, 4.69) is 37.0 Å². The summed E-state index contributed by atoms with van der Waals surface area (Å²) in [5.74, 6) is 0.753. The number of nitrogens with one attached hydrogen (secondary N) is 1. The fourth-order valence-electron chi connectivity index (χ4n) is 4.68. The van der Waals surface area contributed by atoms with E-state index in [0.717, 1.165) is 22.4 Å². The van der Waals surface area contributed by atoms with Gasteiger partial charge in [0.05, 0.1) is 37.0 Å². The molecule has 0 fully saturated rings. The summed E-state index contributed by atoms with van der Waals surface area (Å²) >= 11 is 6.02. The molecule has 0 aliphatic rings. The quantitative estimate of drug-likeness (QED) is 0.212. The number of tetrazole rings is 1. The van der Waals surface area contributed by atoms with Gasteiger partial charge in [-0.3, -0.25) is 4.79 Å². The molecule has 1 atom stereocenters. The third-order valence-corrected chi connectivity index (χ3v) is 7.17. The van der Waals surface area contributed by atoms with E-state index in [4.69, 9.17) is 21.6 Å². The topological polar surface area (TPSA) is 136 Å². The van der Waals surface area contributed by atoms with Gasteiger partial charge in [0.15, 0.2) is 11.5 Å². The lowest BCUT2D eigenvalue weighted by atomic mass is 10.0. The average molecular weight is 604 g/mol. The van der Waals surface area contributed by atoms with Crippen molar-refractivity contribution in [1.82, 2.24) is 40.1 Å². The molecular formula is C32H26ClN9O2. The van der Waals surface area contributed by atoms with Gasteiger partial charge in [-0.1, -0.05) is 66.2 Å². The zero-order valence-corrected chi connectivity index (χ0v) is 24.2. The minimum absolute atomic E-state index is 0.191. The molecule has 3 aromatic carbocycles. The Morgan fingerprint density at radius 2 is 1.77 bits per heavy atom. The summed E-state index contributed by atoms with van der Waals surface area (Å²) in [6.07, 6.45) is 2.20. The highest BCUT2D eigenvalue weighted by Crippen LogP contribution is 2.22. The first-order chi connectivity index (χ1) is 21.6. The summed E-state index contributed by atoms with van der Waals surface area (Å²) in [6, 6.07) is 30.1. The maximum absolute atomic E-state index is 13.5. The van der Waals surface area contributed by atoms with E-state index in [1.165, 1.54) is 4.68 Å². The minimum Gasteiger partial charge on any atom is -0.489 e. The molecule has 0 saturated carbocycles. The first kappa shape index (κ1) is 28.5. The second-order valence-corrected chi connectivity index (χ2v) is 10.4. The third kappa shape index (κ3) is 6.72. The predicted molar refractivity (Wildman–Crippen MR) is 163 cm³/mol. The molecule has 0 radical (unpaired) electrons. The number of amides is 1. The first-order valence-electron chi connectivity index (χ1n) is 13.9. The largest absolute Gasteiger partial charge is 0.489 e. The van der Waals surface area contributed by atoms with Crippen LogP contribution in [0, 0.1) is 11.3 Å². The number of nitriles is 1. The molecule has 12 heteroatoms. The summed E-state index contributed by atoms with van der Waals surface area (Å²) in [5.41, 5.74) is 4.32. The number of aromatic nitrogens is 7. The van der Waals surface area contributed by atoms with Crippen molar-refractivity contribution < 1.29 is 9.53 Å². The number of carbonyl (C=O) groups is 1. The van der Waals surface area contributed by atoms with Gasteiger partial charge >= 0.3 is 0 Å². The molecule has 1 amide bonds. The predicted octanol–water partition coefficient (Wildman–Crippen LogP) is 5.24. The van der Waals surface area contributed by atoms with E-state index in [1.807, 2.05) is 72.8 Å². The van der Waals surface area contributed by atoms with Gasteiger partial charge in [-0.25, -0.2) is 14.2 Å². The van der Waals surface area contributed by atoms with Gasteiger partial charge in [0.2, 0.25) is 0 Å². The van der Waals surface area contributed by atoms with Gasteiger partial charge in [-0.05, 0) is 58.0 Å². The molecule has 3 heterocycles. The molecule has 3 aromatic heterocycles. The highest BCUT2D eigenvalue weighted by atomic mass is 35.5. The Balaban J connectivity index is 1.21. The first-order valence-corrected chi connectivity index (χ1v) is 14.3. The van der Waals surface area contributed by atoms with E-state index in [1.54, 1.807) is 28.9 Å². The molecule has 11 nitrogen and oxygen atoms in total. The second-order valence-electron chi connectivity index (χ2n) is 9.97. The van der Waals surface area contributed by atoms with E-state index in [-0.39, 0.29) is 12.1 Å². The third-order valence-electron chi connectivity index (χ3n) is 6.92. The van der Waals surface area contributed by atoms with Crippen LogP contribution < -0.4 is 10.1 Å². The van der Waals surface area contributed by atoms with Crippen molar-refractivity contribution in [3.8, 4) is 23.1 Å². The number of carbonyl (C=O) groups excluding carboxylic acids is 1. The molecule has 0 aliphatic heterocycles. The fraction of sp³-hybridized carbons (Fsp3) is 0.156. The number of aryl methyl sites for hydroxylation is 1. The molecule has 1 N–H and O–H groups in total. The average Bonchev–Trinajstić information content (AvgIpc) is 3.71. The zero-order valence-electron chi connectivity index (χ0n) is 23.4. The summed E-state index contributed by atoms with van der Waals surface area (Å²) in [5, 5.41) is 29.4. The molecule has 6 rings (SSSR count). The van der Waals surface area contributed by atoms with Crippen LogP contribution in [-0.4, -0.2) is 40.7 Å². The van der Waals surface area contributed by atoms with Crippen molar-refractivity contribution in [2.75, 3.05) is 0 Å². The fourth-order valence-corrected chi connectivity index (χ4v) is 4.81. The smallest absolute Gasteiger partial charge is 0.272 e. The van der Waals surface area contributed by atoms with Crippen LogP contribution in [0.4, 0.5) is 0 Å². The van der Waals surface area contributed by atoms with Crippen LogP contribution in [0.1, 0.15) is 39.9 Å². The van der Waals surface area contributed by atoms with Crippen molar-refractivity contribution in [1.29, 1.82) is 5.26 Å². The number of halogens is 1. The number of ether oxygens (including phenoxy) is 1. The van der Waals surface area contributed by atoms with Gasteiger partial charge in [-0.2, -0.15) is 10.4 Å². The number of rotatable bonds is 11. The van der Waals surface area contributed by atoms with Crippen LogP contribution in [0.2, 0.25) is 5.02 Å². The number of hydrogen-bond acceptors (Lipinski definition) is 8. The number of nitrogens with zero attached hydrogens (tertiary/aromatic N) is 8.